The lowest BCUT2D eigenvalue weighted by molar-refractivity contribution is 0.0264. The van der Waals surface area contributed by atoms with E-state index in [4.69, 9.17) is 9.47 Å². The SMILES string of the molecule is CNCCOc1cccc(-c2cc(CN(C(=O)c3cn(C)cn3)C3CCOCC3)ccc2F)c1.Cl.Cl. The minimum atomic E-state index is -0.315. The number of nitrogens with zero attached hydrogens (tertiary/aromatic N) is 3. The van der Waals surface area contributed by atoms with E-state index in [-0.39, 0.29) is 42.6 Å². The molecule has 1 aromatic heterocycles. The number of carbonyl (C=O) groups excluding carboxylic acids is 1. The summed E-state index contributed by atoms with van der Waals surface area (Å²) >= 11 is 0. The average Bonchev–Trinajstić information content (AvgIpc) is 3.30. The number of hydrogen-bond acceptors (Lipinski definition) is 5. The number of aryl methyl sites for hydroxylation is 1. The van der Waals surface area contributed by atoms with Gasteiger partial charge in [0.2, 0.25) is 0 Å². The molecule has 1 aliphatic heterocycles. The maximum Gasteiger partial charge on any atom is 0.274 e. The summed E-state index contributed by atoms with van der Waals surface area (Å²) in [5.41, 5.74) is 2.47. The minimum Gasteiger partial charge on any atom is -0.492 e. The number of ether oxygens (including phenoxy) is 2. The molecule has 3 aromatic rings. The van der Waals surface area contributed by atoms with E-state index in [0.717, 1.165) is 30.5 Å². The van der Waals surface area contributed by atoms with E-state index in [9.17, 15) is 9.18 Å². The van der Waals surface area contributed by atoms with Crippen LogP contribution in [-0.4, -0.2) is 59.8 Å². The van der Waals surface area contributed by atoms with Crippen LogP contribution in [0.5, 0.6) is 5.75 Å². The van der Waals surface area contributed by atoms with Crippen molar-refractivity contribution in [2.75, 3.05) is 33.4 Å². The van der Waals surface area contributed by atoms with Crippen molar-refractivity contribution in [1.29, 1.82) is 0 Å². The fourth-order valence-corrected chi connectivity index (χ4v) is 4.15. The summed E-state index contributed by atoms with van der Waals surface area (Å²) in [5.74, 6) is 0.245. The zero-order valence-corrected chi connectivity index (χ0v) is 22.1. The molecule has 0 radical (unpaired) electrons. The van der Waals surface area contributed by atoms with Gasteiger partial charge in [-0.05, 0) is 55.3 Å². The number of rotatable bonds is 9. The highest BCUT2D eigenvalue weighted by Crippen LogP contribution is 2.29. The van der Waals surface area contributed by atoms with Crippen LogP contribution in [0.3, 0.4) is 0 Å². The van der Waals surface area contributed by atoms with Crippen LogP contribution in [0.25, 0.3) is 11.1 Å². The second-order valence-electron chi connectivity index (χ2n) is 8.50. The highest BCUT2D eigenvalue weighted by atomic mass is 35.5. The molecule has 0 aliphatic carbocycles. The van der Waals surface area contributed by atoms with Gasteiger partial charge in [0, 0.05) is 51.2 Å². The van der Waals surface area contributed by atoms with Crippen molar-refractivity contribution in [3.8, 4) is 16.9 Å². The van der Waals surface area contributed by atoms with Crippen molar-refractivity contribution in [3.63, 3.8) is 0 Å². The van der Waals surface area contributed by atoms with Crippen molar-refractivity contribution < 1.29 is 18.7 Å². The smallest absolute Gasteiger partial charge is 0.274 e. The van der Waals surface area contributed by atoms with Gasteiger partial charge in [0.05, 0.1) is 6.33 Å². The molecule has 1 N–H and O–H groups in total. The average molecular weight is 539 g/mol. The van der Waals surface area contributed by atoms with Gasteiger partial charge in [0.15, 0.2) is 0 Å². The summed E-state index contributed by atoms with van der Waals surface area (Å²) in [6, 6.07) is 12.5. The van der Waals surface area contributed by atoms with E-state index in [1.54, 1.807) is 23.2 Å². The number of nitrogens with one attached hydrogen (secondary N) is 1. The fraction of sp³-hybridized carbons (Fsp3) is 0.385. The molecular weight excluding hydrogens is 506 g/mol. The largest absolute Gasteiger partial charge is 0.492 e. The third-order valence-electron chi connectivity index (χ3n) is 5.97. The normalized spacial score (nSPS) is 13.4. The molecule has 0 unspecified atom stereocenters. The molecule has 1 aliphatic rings. The predicted molar refractivity (Wildman–Crippen MR) is 143 cm³/mol. The van der Waals surface area contributed by atoms with Crippen molar-refractivity contribution in [1.82, 2.24) is 19.8 Å². The molecule has 0 saturated carbocycles. The molecule has 1 fully saturated rings. The minimum absolute atomic E-state index is 0. The number of imidazole rings is 1. The Morgan fingerprint density at radius 1 is 1.22 bits per heavy atom. The van der Waals surface area contributed by atoms with Gasteiger partial charge in [0.25, 0.3) is 5.91 Å². The molecule has 7 nitrogen and oxygen atoms in total. The monoisotopic (exact) mass is 538 g/mol. The lowest BCUT2D eigenvalue weighted by atomic mass is 10.0. The standard InChI is InChI=1S/C26H31FN4O3.2ClH/c1-28-10-13-34-22-5-3-4-20(15-22)23-14-19(6-7-24(23)27)16-31(21-8-11-33-12-9-21)26(32)25-17-30(2)18-29-25;;/h3-7,14-15,17-18,21,28H,8-13,16H2,1-2H3;2*1H. The van der Waals surface area contributed by atoms with Crippen LogP contribution in [0.2, 0.25) is 0 Å². The van der Waals surface area contributed by atoms with Gasteiger partial charge in [-0.25, -0.2) is 9.37 Å². The Bertz CT molecular complexity index is 1120. The summed E-state index contributed by atoms with van der Waals surface area (Å²) in [7, 11) is 3.70. The first kappa shape index (κ1) is 29.6. The van der Waals surface area contributed by atoms with E-state index < -0.39 is 0 Å². The Balaban J connectivity index is 0.00000228. The first-order valence-electron chi connectivity index (χ1n) is 11.6. The highest BCUT2D eigenvalue weighted by Gasteiger charge is 2.28. The van der Waals surface area contributed by atoms with Crippen molar-refractivity contribution in [3.05, 3.63) is 72.1 Å². The van der Waals surface area contributed by atoms with Crippen LogP contribution in [-0.2, 0) is 18.3 Å². The number of hydrogen-bond donors (Lipinski definition) is 1. The van der Waals surface area contributed by atoms with Gasteiger partial charge in [-0.1, -0.05) is 18.2 Å². The van der Waals surface area contributed by atoms with Gasteiger partial charge in [-0.2, -0.15) is 0 Å². The molecule has 196 valence electrons. The topological polar surface area (TPSA) is 68.6 Å². The second-order valence-corrected chi connectivity index (χ2v) is 8.50. The van der Waals surface area contributed by atoms with Crippen molar-refractivity contribution in [2.45, 2.75) is 25.4 Å². The highest BCUT2D eigenvalue weighted by molar-refractivity contribution is 5.92. The molecule has 1 saturated heterocycles. The van der Waals surface area contributed by atoms with Gasteiger partial charge in [-0.3, -0.25) is 4.79 Å². The Morgan fingerprint density at radius 3 is 2.69 bits per heavy atom. The molecule has 0 bridgehead atoms. The third-order valence-corrected chi connectivity index (χ3v) is 5.97. The van der Waals surface area contributed by atoms with Crippen LogP contribution in [0.4, 0.5) is 4.39 Å². The van der Waals surface area contributed by atoms with Gasteiger partial charge in [-0.15, -0.1) is 24.8 Å². The Hall–Kier alpha value is -2.65. The van der Waals surface area contributed by atoms with E-state index in [1.807, 2.05) is 49.3 Å². The first-order chi connectivity index (χ1) is 16.5. The summed E-state index contributed by atoms with van der Waals surface area (Å²) in [4.78, 5) is 19.5. The number of halogens is 3. The Kier molecular flexibility index (Phi) is 11.7. The van der Waals surface area contributed by atoms with E-state index >= 15 is 0 Å². The van der Waals surface area contributed by atoms with Crippen LogP contribution >= 0.6 is 24.8 Å². The van der Waals surface area contributed by atoms with E-state index in [1.165, 1.54) is 6.07 Å². The summed E-state index contributed by atoms with van der Waals surface area (Å²) in [5, 5.41) is 3.04. The number of carbonyl (C=O) groups is 1. The van der Waals surface area contributed by atoms with Gasteiger partial charge in [0.1, 0.15) is 23.9 Å². The van der Waals surface area contributed by atoms with E-state index in [0.29, 0.717) is 43.4 Å². The molecule has 1 amide bonds. The fourth-order valence-electron chi connectivity index (χ4n) is 4.15. The molecule has 10 heteroatoms. The van der Waals surface area contributed by atoms with Crippen LogP contribution in [0, 0.1) is 5.82 Å². The zero-order chi connectivity index (χ0) is 23.9. The Labute approximate surface area is 223 Å². The Morgan fingerprint density at radius 2 is 2.00 bits per heavy atom. The molecule has 36 heavy (non-hydrogen) atoms. The number of likely N-dealkylation sites (N-methyl/N-ethyl adjacent to an activating group) is 1. The van der Waals surface area contributed by atoms with Crippen LogP contribution < -0.4 is 10.1 Å². The summed E-state index contributed by atoms with van der Waals surface area (Å²) in [6.07, 6.45) is 4.87. The lowest BCUT2D eigenvalue weighted by Crippen LogP contribution is -2.43. The van der Waals surface area contributed by atoms with Gasteiger partial charge >= 0.3 is 0 Å². The second kappa shape index (κ2) is 14.2. The van der Waals surface area contributed by atoms with Crippen LogP contribution in [0.1, 0.15) is 28.9 Å². The summed E-state index contributed by atoms with van der Waals surface area (Å²) in [6.45, 7) is 2.85. The van der Waals surface area contributed by atoms with Crippen LogP contribution in [0.15, 0.2) is 55.0 Å². The van der Waals surface area contributed by atoms with Crippen molar-refractivity contribution >= 4 is 30.7 Å². The molecule has 4 rings (SSSR count). The van der Waals surface area contributed by atoms with Crippen molar-refractivity contribution in [2.24, 2.45) is 7.05 Å². The third kappa shape index (κ3) is 7.43. The van der Waals surface area contributed by atoms with Gasteiger partial charge < -0.3 is 24.3 Å². The summed E-state index contributed by atoms with van der Waals surface area (Å²) < 4.78 is 27.9. The zero-order valence-electron chi connectivity index (χ0n) is 20.5. The number of aromatic nitrogens is 2. The number of amides is 1. The first-order valence-corrected chi connectivity index (χ1v) is 11.6. The maximum atomic E-state index is 14.9. The molecule has 0 atom stereocenters. The molecule has 2 heterocycles. The number of benzene rings is 2. The quantitative estimate of drug-likeness (QED) is 0.406. The molecule has 2 aromatic carbocycles. The predicted octanol–water partition coefficient (Wildman–Crippen LogP) is 4.49. The maximum absolute atomic E-state index is 14.9. The van der Waals surface area contributed by atoms with E-state index in [2.05, 4.69) is 10.3 Å². The molecular formula is C26H33Cl2FN4O3. The lowest BCUT2D eigenvalue weighted by Gasteiger charge is -2.34. The molecule has 0 spiro atoms.